The average molecular weight is 168 g/mol. The van der Waals surface area contributed by atoms with E-state index in [9.17, 15) is 0 Å². The first kappa shape index (κ1) is 10.7. The van der Waals surface area contributed by atoms with Gasteiger partial charge in [-0.3, -0.25) is 10.8 Å². The zero-order valence-corrected chi connectivity index (χ0v) is 7.76. The Labute approximate surface area is 73.0 Å². The molecule has 1 rings (SSSR count). The summed E-state index contributed by atoms with van der Waals surface area (Å²) in [4.78, 5) is 3.99. The summed E-state index contributed by atoms with van der Waals surface area (Å²) in [6.45, 7) is 5.87. The summed E-state index contributed by atoms with van der Waals surface area (Å²) in [5, 5.41) is 0. The van der Waals surface area contributed by atoms with Gasteiger partial charge in [0, 0.05) is 5.69 Å². The van der Waals surface area contributed by atoms with E-state index in [4.69, 9.17) is 11.6 Å². The lowest BCUT2D eigenvalue weighted by atomic mass is 10.3. The largest absolute Gasteiger partial charge is 0.397 e. The van der Waals surface area contributed by atoms with Crippen LogP contribution in [-0.4, -0.2) is 4.98 Å². The van der Waals surface area contributed by atoms with Crippen molar-refractivity contribution in [2.24, 2.45) is 5.84 Å². The van der Waals surface area contributed by atoms with E-state index < -0.39 is 0 Å². The average Bonchev–Trinajstić information content (AvgIpc) is 2.08. The van der Waals surface area contributed by atoms with Crippen LogP contribution in [0.3, 0.4) is 0 Å². The molecule has 0 radical (unpaired) electrons. The van der Waals surface area contributed by atoms with Gasteiger partial charge >= 0.3 is 0 Å². The molecular weight excluding hydrogens is 152 g/mol. The molecule has 4 nitrogen and oxygen atoms in total. The van der Waals surface area contributed by atoms with Crippen molar-refractivity contribution in [3.05, 3.63) is 18.0 Å². The van der Waals surface area contributed by atoms with E-state index in [2.05, 4.69) is 10.4 Å². The molecule has 0 saturated carbocycles. The van der Waals surface area contributed by atoms with Crippen molar-refractivity contribution in [3.63, 3.8) is 0 Å². The molecule has 0 aliphatic carbocycles. The highest BCUT2D eigenvalue weighted by Crippen LogP contribution is 2.14. The Kier molecular flexibility index (Phi) is 4.79. The summed E-state index contributed by atoms with van der Waals surface area (Å²) >= 11 is 0. The van der Waals surface area contributed by atoms with Crippen molar-refractivity contribution in [3.8, 4) is 0 Å². The van der Waals surface area contributed by atoms with Crippen LogP contribution in [0.4, 0.5) is 11.4 Å². The third kappa shape index (κ3) is 2.75. The molecule has 4 heteroatoms. The zero-order chi connectivity index (χ0) is 9.56. The van der Waals surface area contributed by atoms with Gasteiger partial charge in [0.05, 0.1) is 17.6 Å². The lowest BCUT2D eigenvalue weighted by Gasteiger charge is -2.02. The second kappa shape index (κ2) is 5.37. The van der Waals surface area contributed by atoms with Gasteiger partial charge in [0.1, 0.15) is 0 Å². The molecule has 0 fully saturated rings. The molecule has 0 aliphatic rings. The van der Waals surface area contributed by atoms with E-state index >= 15 is 0 Å². The van der Waals surface area contributed by atoms with Gasteiger partial charge in [0.25, 0.3) is 0 Å². The maximum Gasteiger partial charge on any atom is 0.0902 e. The van der Waals surface area contributed by atoms with Gasteiger partial charge in [0.15, 0.2) is 0 Å². The van der Waals surface area contributed by atoms with Crippen LogP contribution >= 0.6 is 0 Å². The first-order valence-electron chi connectivity index (χ1n) is 3.93. The molecule has 1 aromatic rings. The van der Waals surface area contributed by atoms with Gasteiger partial charge in [-0.05, 0) is 13.0 Å². The van der Waals surface area contributed by atoms with E-state index in [0.717, 1.165) is 5.69 Å². The van der Waals surface area contributed by atoms with Crippen LogP contribution < -0.4 is 17.0 Å². The molecule has 0 spiro atoms. The van der Waals surface area contributed by atoms with Crippen LogP contribution in [0.25, 0.3) is 0 Å². The summed E-state index contributed by atoms with van der Waals surface area (Å²) in [5.41, 5.74) is 10.1. The number of rotatable bonds is 1. The fourth-order valence-corrected chi connectivity index (χ4v) is 0.702. The van der Waals surface area contributed by atoms with Crippen molar-refractivity contribution in [1.29, 1.82) is 0 Å². The Hall–Kier alpha value is -1.29. The van der Waals surface area contributed by atoms with E-state index in [0.29, 0.717) is 11.4 Å². The predicted molar refractivity (Wildman–Crippen MR) is 52.5 cm³/mol. The number of hydrogen-bond donors (Lipinski definition) is 3. The van der Waals surface area contributed by atoms with Gasteiger partial charge in [-0.1, -0.05) is 13.8 Å². The van der Waals surface area contributed by atoms with Crippen molar-refractivity contribution >= 4 is 11.4 Å². The van der Waals surface area contributed by atoms with Crippen LogP contribution in [0.2, 0.25) is 0 Å². The third-order valence-electron chi connectivity index (χ3n) is 1.23. The highest BCUT2D eigenvalue weighted by Gasteiger charge is 1.95. The van der Waals surface area contributed by atoms with Crippen molar-refractivity contribution in [2.45, 2.75) is 20.8 Å². The smallest absolute Gasteiger partial charge is 0.0902 e. The number of hydrogen-bond acceptors (Lipinski definition) is 4. The Morgan fingerprint density at radius 1 is 1.42 bits per heavy atom. The number of nitrogens with zero attached hydrogens (tertiary/aromatic N) is 1. The Morgan fingerprint density at radius 3 is 2.42 bits per heavy atom. The normalized spacial score (nSPS) is 8.33. The molecule has 0 atom stereocenters. The Bertz CT molecular complexity index is 234. The first-order chi connectivity index (χ1) is 5.74. The number of nitrogen functional groups attached to an aromatic ring is 2. The maximum absolute atomic E-state index is 5.55. The van der Waals surface area contributed by atoms with Gasteiger partial charge in [-0.15, -0.1) is 0 Å². The molecular formula is C8H16N4. The molecule has 0 saturated heterocycles. The highest BCUT2D eigenvalue weighted by molar-refractivity contribution is 5.64. The van der Waals surface area contributed by atoms with Gasteiger partial charge < -0.3 is 11.2 Å². The van der Waals surface area contributed by atoms with Crippen LogP contribution in [0.1, 0.15) is 19.5 Å². The lowest BCUT2D eigenvalue weighted by Crippen LogP contribution is -2.09. The molecule has 0 aromatic carbocycles. The molecule has 5 N–H and O–H groups in total. The number of pyridine rings is 1. The summed E-state index contributed by atoms with van der Waals surface area (Å²) in [6, 6.07) is 1.76. The quantitative estimate of drug-likeness (QED) is 0.436. The van der Waals surface area contributed by atoms with E-state index in [1.165, 1.54) is 0 Å². The van der Waals surface area contributed by atoms with Crippen LogP contribution in [0.5, 0.6) is 0 Å². The number of anilines is 2. The molecule has 0 unspecified atom stereocenters. The van der Waals surface area contributed by atoms with Crippen LogP contribution in [0.15, 0.2) is 12.3 Å². The SMILES string of the molecule is CC.Cc1cc(N)c(NN)cn1. The Morgan fingerprint density at radius 2 is 2.00 bits per heavy atom. The number of aryl methyl sites for hydroxylation is 1. The van der Waals surface area contributed by atoms with Crippen LogP contribution in [-0.2, 0) is 0 Å². The summed E-state index contributed by atoms with van der Waals surface area (Å²) in [7, 11) is 0. The summed E-state index contributed by atoms with van der Waals surface area (Å²) < 4.78 is 0. The molecule has 1 aromatic heterocycles. The number of nitrogens with one attached hydrogen (secondary N) is 1. The second-order valence-electron chi connectivity index (χ2n) is 2.06. The fraction of sp³-hybridized carbons (Fsp3) is 0.375. The summed E-state index contributed by atoms with van der Waals surface area (Å²) in [5.74, 6) is 5.13. The molecule has 0 bridgehead atoms. The minimum absolute atomic E-state index is 0.620. The standard InChI is InChI=1S/C6H10N4.C2H6/c1-4-2-5(7)6(10-8)3-9-4;1-2/h2-3,10H,8H2,1H3,(H2,7,9);1-2H3. The zero-order valence-electron chi connectivity index (χ0n) is 7.76. The van der Waals surface area contributed by atoms with E-state index in [-0.39, 0.29) is 0 Å². The van der Waals surface area contributed by atoms with Crippen LogP contribution in [0, 0.1) is 6.92 Å². The highest BCUT2D eigenvalue weighted by atomic mass is 15.2. The van der Waals surface area contributed by atoms with Gasteiger partial charge in [0.2, 0.25) is 0 Å². The second-order valence-corrected chi connectivity index (χ2v) is 2.06. The maximum atomic E-state index is 5.55. The van der Waals surface area contributed by atoms with Crippen molar-refractivity contribution in [1.82, 2.24) is 4.98 Å². The lowest BCUT2D eigenvalue weighted by molar-refractivity contribution is 1.19. The number of nitrogens with two attached hydrogens (primary N) is 2. The fourth-order valence-electron chi connectivity index (χ4n) is 0.702. The molecule has 1 heterocycles. The molecule has 68 valence electrons. The topological polar surface area (TPSA) is 77.0 Å². The monoisotopic (exact) mass is 168 g/mol. The van der Waals surface area contributed by atoms with Gasteiger partial charge in [-0.2, -0.15) is 0 Å². The minimum Gasteiger partial charge on any atom is -0.397 e. The minimum atomic E-state index is 0.620. The first-order valence-corrected chi connectivity index (χ1v) is 3.93. The van der Waals surface area contributed by atoms with E-state index in [1.54, 1.807) is 12.3 Å². The Balaban J connectivity index is 0.000000561. The molecule has 12 heavy (non-hydrogen) atoms. The third-order valence-corrected chi connectivity index (χ3v) is 1.23. The predicted octanol–water partition coefficient (Wildman–Crippen LogP) is 1.28. The van der Waals surface area contributed by atoms with E-state index in [1.807, 2.05) is 20.8 Å². The van der Waals surface area contributed by atoms with Gasteiger partial charge in [-0.25, -0.2) is 0 Å². The number of hydrazine groups is 1. The number of aromatic nitrogens is 1. The van der Waals surface area contributed by atoms with Crippen molar-refractivity contribution in [2.75, 3.05) is 11.2 Å². The van der Waals surface area contributed by atoms with Crippen molar-refractivity contribution < 1.29 is 0 Å². The summed E-state index contributed by atoms with van der Waals surface area (Å²) in [6.07, 6.45) is 1.60. The molecule has 0 amide bonds. The molecule has 0 aliphatic heterocycles.